The average Bonchev–Trinajstić information content (AvgIpc) is 2.89. The van der Waals surface area contributed by atoms with Crippen LogP contribution in [0, 0.1) is 12.8 Å². The lowest BCUT2D eigenvalue weighted by atomic mass is 9.97. The summed E-state index contributed by atoms with van der Waals surface area (Å²) < 4.78 is 48.6. The summed E-state index contributed by atoms with van der Waals surface area (Å²) in [5, 5.41) is 2.78. The molecular weight excluding hydrogens is 488 g/mol. The van der Waals surface area contributed by atoms with Crippen LogP contribution in [0.25, 0.3) is 0 Å². The number of carbonyl (C=O) groups is 2. The fourth-order valence-corrected chi connectivity index (χ4v) is 5.66. The van der Waals surface area contributed by atoms with Gasteiger partial charge in [-0.05, 0) is 50.5 Å². The monoisotopic (exact) mass is 520 g/mol. The van der Waals surface area contributed by atoms with Crippen LogP contribution in [0.4, 0.5) is 5.69 Å². The van der Waals surface area contributed by atoms with Gasteiger partial charge in [-0.2, -0.15) is 4.31 Å². The molecule has 0 unspecified atom stereocenters. The Balaban J connectivity index is 1.72. The van der Waals surface area contributed by atoms with Gasteiger partial charge in [0.1, 0.15) is 5.75 Å². The van der Waals surface area contributed by atoms with Crippen molar-refractivity contribution in [3.63, 3.8) is 0 Å². The number of rotatable bonds is 9. The number of nitrogens with zero attached hydrogens (tertiary/aromatic N) is 1. The van der Waals surface area contributed by atoms with E-state index >= 15 is 0 Å². The predicted octanol–water partition coefficient (Wildman–Crippen LogP) is 3.24. The van der Waals surface area contributed by atoms with Gasteiger partial charge in [-0.25, -0.2) is 13.2 Å². The number of methoxy groups -OCH3 is 3. The van der Waals surface area contributed by atoms with Gasteiger partial charge >= 0.3 is 5.97 Å². The molecule has 0 spiro atoms. The predicted molar refractivity (Wildman–Crippen MR) is 133 cm³/mol. The Bertz CT molecular complexity index is 1220. The maximum atomic E-state index is 13.2. The van der Waals surface area contributed by atoms with Crippen LogP contribution in [0.5, 0.6) is 17.2 Å². The number of amides is 1. The van der Waals surface area contributed by atoms with Crippen LogP contribution >= 0.6 is 0 Å². The molecule has 0 aromatic heterocycles. The second kappa shape index (κ2) is 11.6. The van der Waals surface area contributed by atoms with Crippen LogP contribution in [-0.4, -0.2) is 65.6 Å². The van der Waals surface area contributed by atoms with E-state index in [1.807, 2.05) is 6.92 Å². The number of hydrogen-bond donors (Lipinski definition) is 1. The molecule has 2 aromatic rings. The lowest BCUT2D eigenvalue weighted by Gasteiger charge is -2.30. The topological polar surface area (TPSA) is 120 Å². The molecule has 1 fully saturated rings. The first-order chi connectivity index (χ1) is 17.2. The summed E-state index contributed by atoms with van der Waals surface area (Å²) in [5.74, 6) is -0.0875. The molecule has 1 heterocycles. The van der Waals surface area contributed by atoms with Crippen molar-refractivity contribution in [1.82, 2.24) is 4.31 Å². The number of sulfonamides is 1. The van der Waals surface area contributed by atoms with Crippen molar-refractivity contribution in [2.75, 3.05) is 46.3 Å². The quantitative estimate of drug-likeness (QED) is 0.501. The average molecular weight is 521 g/mol. The maximum Gasteiger partial charge on any atom is 0.340 e. The van der Waals surface area contributed by atoms with Crippen LogP contribution in [-0.2, 0) is 19.6 Å². The molecule has 0 radical (unpaired) electrons. The van der Waals surface area contributed by atoms with E-state index in [9.17, 15) is 18.0 Å². The molecular formula is C25H32N2O8S. The summed E-state index contributed by atoms with van der Waals surface area (Å²) >= 11 is 0. The normalized spacial score (nSPS) is 14.7. The lowest BCUT2D eigenvalue weighted by Crippen LogP contribution is -2.41. The van der Waals surface area contributed by atoms with E-state index in [1.165, 1.54) is 43.8 Å². The molecule has 1 aliphatic heterocycles. The Labute approximate surface area is 211 Å². The van der Waals surface area contributed by atoms with E-state index in [1.54, 1.807) is 19.1 Å². The highest BCUT2D eigenvalue weighted by Gasteiger charge is 2.33. The van der Waals surface area contributed by atoms with Gasteiger partial charge in [-0.3, -0.25) is 4.79 Å². The van der Waals surface area contributed by atoms with Crippen molar-refractivity contribution in [1.29, 1.82) is 0 Å². The van der Waals surface area contributed by atoms with Crippen molar-refractivity contribution in [2.45, 2.75) is 31.6 Å². The summed E-state index contributed by atoms with van der Waals surface area (Å²) in [7, 11) is 0.421. The van der Waals surface area contributed by atoms with Crippen molar-refractivity contribution < 1.29 is 37.0 Å². The molecule has 10 nitrogen and oxygen atoms in total. The Morgan fingerprint density at radius 1 is 1.00 bits per heavy atom. The summed E-state index contributed by atoms with van der Waals surface area (Å²) in [6, 6.07) is 7.74. The summed E-state index contributed by atoms with van der Waals surface area (Å²) in [6.45, 7) is 4.56. The number of benzene rings is 2. The molecule has 0 atom stereocenters. The van der Waals surface area contributed by atoms with E-state index in [0.29, 0.717) is 36.7 Å². The number of aryl methyl sites for hydroxylation is 1. The third-order valence-corrected chi connectivity index (χ3v) is 7.99. The first kappa shape index (κ1) is 27.3. The molecule has 1 saturated heterocycles. The third kappa shape index (κ3) is 5.73. The zero-order chi connectivity index (χ0) is 26.5. The molecule has 11 heteroatoms. The minimum Gasteiger partial charge on any atom is -0.494 e. The number of anilines is 1. The van der Waals surface area contributed by atoms with Crippen LogP contribution < -0.4 is 19.5 Å². The zero-order valence-electron chi connectivity index (χ0n) is 21.1. The lowest BCUT2D eigenvalue weighted by molar-refractivity contribution is -0.120. The minimum absolute atomic E-state index is 0.120. The van der Waals surface area contributed by atoms with Gasteiger partial charge in [0.25, 0.3) is 0 Å². The van der Waals surface area contributed by atoms with Crippen LogP contribution in [0.3, 0.4) is 0 Å². The maximum absolute atomic E-state index is 13.2. The van der Waals surface area contributed by atoms with E-state index < -0.39 is 21.9 Å². The van der Waals surface area contributed by atoms with Crippen LogP contribution in [0.1, 0.15) is 35.7 Å². The fraction of sp³-hybridized carbons (Fsp3) is 0.440. The third-order valence-electron chi connectivity index (χ3n) is 6.10. The molecule has 1 aliphatic rings. The molecule has 1 N–H and O–H groups in total. The van der Waals surface area contributed by atoms with Crippen molar-refractivity contribution in [3.05, 3.63) is 41.5 Å². The second-order valence-corrected chi connectivity index (χ2v) is 10.2. The standard InChI is InChI=1S/C25H32N2O8S/c1-6-35-21-8-7-18(13-16(21)2)36(30,31)27-11-9-17(10-12-27)24(28)26-20-15-23(33-4)22(32-3)14-19(20)25(29)34-5/h7-8,13-15,17H,6,9-12H2,1-5H3,(H,26,28). The molecule has 0 bridgehead atoms. The first-order valence-electron chi connectivity index (χ1n) is 11.5. The Morgan fingerprint density at radius 3 is 2.19 bits per heavy atom. The first-order valence-corrected chi connectivity index (χ1v) is 13.0. The highest BCUT2D eigenvalue weighted by Crippen LogP contribution is 2.35. The van der Waals surface area contributed by atoms with Gasteiger partial charge in [-0.1, -0.05) is 0 Å². The zero-order valence-corrected chi connectivity index (χ0v) is 21.9. The molecule has 36 heavy (non-hydrogen) atoms. The number of nitrogens with one attached hydrogen (secondary N) is 1. The highest BCUT2D eigenvalue weighted by atomic mass is 32.2. The van der Waals surface area contributed by atoms with E-state index in [0.717, 1.165) is 5.56 Å². The van der Waals surface area contributed by atoms with Crippen molar-refractivity contribution >= 4 is 27.6 Å². The Hall–Kier alpha value is -3.31. The van der Waals surface area contributed by atoms with Gasteiger partial charge in [-0.15, -0.1) is 0 Å². The number of ether oxygens (including phenoxy) is 4. The number of hydrogen-bond acceptors (Lipinski definition) is 8. The molecule has 0 saturated carbocycles. The van der Waals surface area contributed by atoms with Gasteiger partial charge in [0.15, 0.2) is 11.5 Å². The van der Waals surface area contributed by atoms with Crippen LogP contribution in [0.15, 0.2) is 35.2 Å². The fourth-order valence-electron chi connectivity index (χ4n) is 4.10. The smallest absolute Gasteiger partial charge is 0.340 e. The Kier molecular flexibility index (Phi) is 8.80. The van der Waals surface area contributed by atoms with Gasteiger partial charge in [0.05, 0.1) is 44.1 Å². The SMILES string of the molecule is CCOc1ccc(S(=O)(=O)N2CCC(C(=O)Nc3cc(OC)c(OC)cc3C(=O)OC)CC2)cc1C. The molecule has 1 amide bonds. The summed E-state index contributed by atoms with van der Waals surface area (Å²) in [6.07, 6.45) is 0.670. The van der Waals surface area contributed by atoms with E-state index in [4.69, 9.17) is 18.9 Å². The minimum atomic E-state index is -3.71. The molecule has 0 aliphatic carbocycles. The molecule has 3 rings (SSSR count). The number of piperidine rings is 1. The molecule has 2 aromatic carbocycles. The molecule has 196 valence electrons. The largest absolute Gasteiger partial charge is 0.494 e. The summed E-state index contributed by atoms with van der Waals surface area (Å²) in [5.41, 5.74) is 1.09. The number of carbonyl (C=O) groups excluding carboxylic acids is 2. The summed E-state index contributed by atoms with van der Waals surface area (Å²) in [4.78, 5) is 25.5. The van der Waals surface area contributed by atoms with Gasteiger partial charge < -0.3 is 24.3 Å². The van der Waals surface area contributed by atoms with E-state index in [-0.39, 0.29) is 35.1 Å². The Morgan fingerprint density at radius 2 is 1.64 bits per heavy atom. The highest BCUT2D eigenvalue weighted by molar-refractivity contribution is 7.89. The second-order valence-electron chi connectivity index (χ2n) is 8.27. The van der Waals surface area contributed by atoms with Crippen molar-refractivity contribution in [2.24, 2.45) is 5.92 Å². The van der Waals surface area contributed by atoms with Crippen LogP contribution in [0.2, 0.25) is 0 Å². The van der Waals surface area contributed by atoms with Gasteiger partial charge in [0, 0.05) is 31.1 Å². The van der Waals surface area contributed by atoms with E-state index in [2.05, 4.69) is 5.32 Å². The van der Waals surface area contributed by atoms with Crippen molar-refractivity contribution in [3.8, 4) is 17.2 Å². The number of esters is 1. The van der Waals surface area contributed by atoms with Gasteiger partial charge in [0.2, 0.25) is 15.9 Å².